The summed E-state index contributed by atoms with van der Waals surface area (Å²) in [5.41, 5.74) is 0. The van der Waals surface area contributed by atoms with Crippen molar-refractivity contribution < 1.29 is 22.0 Å². The Morgan fingerprint density at radius 2 is 1.00 bits per heavy atom. The van der Waals surface area contributed by atoms with Crippen LogP contribution < -0.4 is 0 Å². The number of thioether (sulfide) groups is 1. The van der Waals surface area contributed by atoms with Gasteiger partial charge in [-0.3, -0.25) is 0 Å². The monoisotopic (exact) mass is 214 g/mol. The average Bonchev–Trinajstić information content (AvgIpc) is 2.13. The van der Waals surface area contributed by atoms with Crippen LogP contribution in [0.1, 0.15) is 0 Å². The minimum absolute atomic E-state index is 0.462. The fraction of sp³-hybridized carbons (Fsp3) is 0.143. The second-order valence-electron chi connectivity index (χ2n) is 2.10. The third kappa shape index (κ3) is 1.50. The van der Waals surface area contributed by atoms with Gasteiger partial charge in [0.15, 0.2) is 23.3 Å². The molecule has 0 aliphatic carbocycles. The summed E-state index contributed by atoms with van der Waals surface area (Å²) in [4.78, 5) is -0.864. The van der Waals surface area contributed by atoms with Gasteiger partial charge in [-0.25, -0.2) is 22.0 Å². The molecule has 13 heavy (non-hydrogen) atoms. The quantitative estimate of drug-likeness (QED) is 0.299. The van der Waals surface area contributed by atoms with Crippen molar-refractivity contribution in [3.63, 3.8) is 0 Å². The second-order valence-corrected chi connectivity index (χ2v) is 2.92. The van der Waals surface area contributed by atoms with Crippen molar-refractivity contribution >= 4 is 11.8 Å². The highest BCUT2D eigenvalue weighted by molar-refractivity contribution is 7.98. The normalized spacial score (nSPS) is 10.6. The summed E-state index contributed by atoms with van der Waals surface area (Å²) in [6.07, 6.45) is 1.22. The number of rotatable bonds is 1. The molecule has 0 aliphatic heterocycles. The fourth-order valence-corrected chi connectivity index (χ4v) is 1.30. The first kappa shape index (κ1) is 10.3. The van der Waals surface area contributed by atoms with Gasteiger partial charge in [0.2, 0.25) is 5.82 Å². The predicted molar refractivity (Wildman–Crippen MR) is 38.0 cm³/mol. The average molecular weight is 214 g/mol. The molecule has 0 fully saturated rings. The van der Waals surface area contributed by atoms with Crippen molar-refractivity contribution in [2.24, 2.45) is 0 Å². The van der Waals surface area contributed by atoms with Gasteiger partial charge in [0.25, 0.3) is 0 Å². The summed E-state index contributed by atoms with van der Waals surface area (Å²) in [5, 5.41) is 0. The Morgan fingerprint density at radius 1 is 0.692 bits per heavy atom. The molecule has 1 aromatic rings. The molecule has 0 heterocycles. The number of hydrogen-bond donors (Lipinski definition) is 0. The third-order valence-electron chi connectivity index (χ3n) is 1.37. The summed E-state index contributed by atoms with van der Waals surface area (Å²) in [6, 6.07) is 0. The van der Waals surface area contributed by atoms with Gasteiger partial charge < -0.3 is 0 Å². The Balaban J connectivity index is 3.56. The maximum absolute atomic E-state index is 12.7. The third-order valence-corrected chi connectivity index (χ3v) is 2.14. The molecule has 0 aromatic heterocycles. The molecule has 0 saturated carbocycles. The number of benzene rings is 1. The van der Waals surface area contributed by atoms with E-state index in [4.69, 9.17) is 0 Å². The van der Waals surface area contributed by atoms with Crippen LogP contribution in [0.15, 0.2) is 4.90 Å². The van der Waals surface area contributed by atoms with Crippen molar-refractivity contribution in [2.75, 3.05) is 6.26 Å². The van der Waals surface area contributed by atoms with E-state index in [2.05, 4.69) is 0 Å². The molecule has 0 radical (unpaired) electrons. The molecule has 0 unspecified atom stereocenters. The summed E-state index contributed by atoms with van der Waals surface area (Å²) in [6.45, 7) is 0. The molecule has 0 amide bonds. The van der Waals surface area contributed by atoms with E-state index in [9.17, 15) is 22.0 Å². The van der Waals surface area contributed by atoms with Gasteiger partial charge >= 0.3 is 0 Å². The molecular formula is C7H3F5S. The summed E-state index contributed by atoms with van der Waals surface area (Å²) in [5.74, 6) is -9.54. The first-order chi connectivity index (χ1) is 6.00. The highest BCUT2D eigenvalue weighted by Gasteiger charge is 2.24. The Kier molecular flexibility index (Phi) is 2.80. The molecule has 0 atom stereocenters. The Labute approximate surface area is 74.7 Å². The fourth-order valence-electron chi connectivity index (χ4n) is 0.764. The van der Waals surface area contributed by atoms with Crippen molar-refractivity contribution in [3.8, 4) is 0 Å². The van der Waals surface area contributed by atoms with Crippen LogP contribution in [0.5, 0.6) is 0 Å². The molecule has 0 saturated heterocycles. The maximum atomic E-state index is 12.7. The van der Waals surface area contributed by atoms with Crippen LogP contribution >= 0.6 is 11.8 Å². The molecule has 6 heteroatoms. The zero-order chi connectivity index (χ0) is 10.2. The van der Waals surface area contributed by atoms with Crippen LogP contribution in [-0.2, 0) is 0 Å². The summed E-state index contributed by atoms with van der Waals surface area (Å²) in [7, 11) is 0. The predicted octanol–water partition coefficient (Wildman–Crippen LogP) is 3.10. The smallest absolute Gasteiger partial charge is 0.200 e. The van der Waals surface area contributed by atoms with Crippen LogP contribution in [0, 0.1) is 29.1 Å². The van der Waals surface area contributed by atoms with E-state index in [1.54, 1.807) is 0 Å². The summed E-state index contributed by atoms with van der Waals surface area (Å²) < 4.78 is 62.5. The SMILES string of the molecule is CSc1c(F)c(F)c(F)c(F)c1F. The zero-order valence-corrected chi connectivity index (χ0v) is 7.11. The first-order valence-electron chi connectivity index (χ1n) is 3.06. The molecular weight excluding hydrogens is 211 g/mol. The topological polar surface area (TPSA) is 0 Å². The maximum Gasteiger partial charge on any atom is 0.200 e. The lowest BCUT2D eigenvalue weighted by molar-refractivity contribution is 0.361. The van der Waals surface area contributed by atoms with Gasteiger partial charge in [-0.15, -0.1) is 11.8 Å². The van der Waals surface area contributed by atoms with Crippen molar-refractivity contribution in [1.82, 2.24) is 0 Å². The van der Waals surface area contributed by atoms with Crippen molar-refractivity contribution in [1.29, 1.82) is 0 Å². The minimum atomic E-state index is -2.13. The van der Waals surface area contributed by atoms with E-state index in [0.717, 1.165) is 0 Å². The Bertz CT molecular complexity index is 320. The summed E-state index contributed by atoms with van der Waals surface area (Å²) >= 11 is 0.462. The van der Waals surface area contributed by atoms with Crippen LogP contribution in [0.4, 0.5) is 22.0 Å². The lowest BCUT2D eigenvalue weighted by atomic mass is 10.3. The van der Waals surface area contributed by atoms with E-state index in [1.807, 2.05) is 0 Å². The molecule has 0 nitrogen and oxygen atoms in total. The van der Waals surface area contributed by atoms with Crippen LogP contribution in [-0.4, -0.2) is 6.26 Å². The minimum Gasteiger partial charge on any atom is -0.202 e. The molecule has 0 spiro atoms. The Hall–Kier alpha value is -0.780. The number of halogens is 5. The van der Waals surface area contributed by atoms with Crippen LogP contribution in [0.2, 0.25) is 0 Å². The highest BCUT2D eigenvalue weighted by Crippen LogP contribution is 2.28. The van der Waals surface area contributed by atoms with E-state index in [-0.39, 0.29) is 0 Å². The van der Waals surface area contributed by atoms with E-state index in [1.165, 1.54) is 6.26 Å². The van der Waals surface area contributed by atoms with Gasteiger partial charge in [0.1, 0.15) is 0 Å². The second kappa shape index (κ2) is 3.53. The van der Waals surface area contributed by atoms with E-state index < -0.39 is 34.0 Å². The zero-order valence-electron chi connectivity index (χ0n) is 6.30. The highest BCUT2D eigenvalue weighted by atomic mass is 32.2. The van der Waals surface area contributed by atoms with Crippen LogP contribution in [0.3, 0.4) is 0 Å². The van der Waals surface area contributed by atoms with E-state index in [0.29, 0.717) is 11.8 Å². The molecule has 1 aromatic carbocycles. The van der Waals surface area contributed by atoms with E-state index >= 15 is 0 Å². The van der Waals surface area contributed by atoms with Crippen LogP contribution in [0.25, 0.3) is 0 Å². The molecule has 1 rings (SSSR count). The van der Waals surface area contributed by atoms with Gasteiger partial charge in [0, 0.05) is 0 Å². The lowest BCUT2D eigenvalue weighted by Crippen LogP contribution is -2.02. The van der Waals surface area contributed by atoms with Gasteiger partial charge in [-0.05, 0) is 6.26 Å². The first-order valence-corrected chi connectivity index (χ1v) is 4.28. The molecule has 72 valence electrons. The molecule has 0 N–H and O–H groups in total. The Morgan fingerprint density at radius 3 is 1.31 bits per heavy atom. The molecule has 0 aliphatic rings. The molecule has 0 bridgehead atoms. The number of hydrogen-bond acceptors (Lipinski definition) is 1. The van der Waals surface area contributed by atoms with Crippen molar-refractivity contribution in [2.45, 2.75) is 4.90 Å². The van der Waals surface area contributed by atoms with Crippen molar-refractivity contribution in [3.05, 3.63) is 29.1 Å². The lowest BCUT2D eigenvalue weighted by Gasteiger charge is -2.04. The largest absolute Gasteiger partial charge is 0.202 e. The van der Waals surface area contributed by atoms with Gasteiger partial charge in [0.05, 0.1) is 4.90 Å². The standard InChI is InChI=1S/C7H3F5S/c1-13-7-5(11)3(9)2(8)4(10)6(7)12/h1H3. The van der Waals surface area contributed by atoms with Gasteiger partial charge in [-0.1, -0.05) is 0 Å². The van der Waals surface area contributed by atoms with Gasteiger partial charge in [-0.2, -0.15) is 0 Å².